The molecule has 2 rings (SSSR count). The first kappa shape index (κ1) is 14.4. The predicted octanol–water partition coefficient (Wildman–Crippen LogP) is 3.40. The number of anilines is 1. The summed E-state index contributed by atoms with van der Waals surface area (Å²) >= 11 is 0. The number of benzene rings is 1. The molecule has 1 aromatic carbocycles. The van der Waals surface area contributed by atoms with Crippen molar-refractivity contribution in [2.45, 2.75) is 19.5 Å². The minimum atomic E-state index is -4.32. The summed E-state index contributed by atoms with van der Waals surface area (Å²) < 4.78 is 40.1. The monoisotopic (exact) mass is 283 g/mol. The molecule has 0 spiro atoms. The number of rotatable bonds is 4. The molecule has 0 atom stereocenters. The highest BCUT2D eigenvalue weighted by Crippen LogP contribution is 2.33. The second kappa shape index (κ2) is 5.56. The molecule has 0 fully saturated rings. The van der Waals surface area contributed by atoms with Gasteiger partial charge in [0.2, 0.25) is 0 Å². The molecule has 0 unspecified atom stereocenters. The van der Waals surface area contributed by atoms with Crippen LogP contribution in [0.25, 0.3) is 0 Å². The third kappa shape index (κ3) is 3.31. The third-order valence-electron chi connectivity index (χ3n) is 3.18. The summed E-state index contributed by atoms with van der Waals surface area (Å²) in [7, 11) is 1.84. The van der Waals surface area contributed by atoms with Crippen LogP contribution in [0, 0.1) is 6.92 Å². The number of hydrogen-bond donors (Lipinski definition) is 1. The van der Waals surface area contributed by atoms with Gasteiger partial charge in [-0.1, -0.05) is 6.07 Å². The number of aryl methyl sites for hydroxylation is 2. The summed E-state index contributed by atoms with van der Waals surface area (Å²) in [6, 6.07) is 6.18. The van der Waals surface area contributed by atoms with E-state index in [0.29, 0.717) is 18.7 Å². The number of halogens is 3. The number of nitrogens with one attached hydrogen (secondary N) is 1. The van der Waals surface area contributed by atoms with Crippen molar-refractivity contribution in [1.82, 2.24) is 9.78 Å². The second-order valence-corrected chi connectivity index (χ2v) is 4.65. The van der Waals surface area contributed by atoms with Gasteiger partial charge in [-0.05, 0) is 30.7 Å². The van der Waals surface area contributed by atoms with Gasteiger partial charge in [0.25, 0.3) is 0 Å². The normalized spacial score (nSPS) is 11.7. The predicted molar refractivity (Wildman–Crippen MR) is 71.6 cm³/mol. The van der Waals surface area contributed by atoms with Gasteiger partial charge in [-0.25, -0.2) is 0 Å². The molecule has 6 heteroatoms. The minimum Gasteiger partial charge on any atom is -0.385 e. The van der Waals surface area contributed by atoms with Crippen LogP contribution >= 0.6 is 0 Å². The summed E-state index contributed by atoms with van der Waals surface area (Å²) in [6.45, 7) is 2.02. The smallest absolute Gasteiger partial charge is 0.385 e. The Morgan fingerprint density at radius 1 is 1.25 bits per heavy atom. The maximum atomic E-state index is 12.8. The van der Waals surface area contributed by atoms with Gasteiger partial charge < -0.3 is 5.32 Å². The van der Waals surface area contributed by atoms with Gasteiger partial charge in [-0.15, -0.1) is 0 Å². The van der Waals surface area contributed by atoms with E-state index in [9.17, 15) is 13.2 Å². The molecule has 2 aromatic rings. The van der Waals surface area contributed by atoms with Gasteiger partial charge in [0.15, 0.2) is 0 Å². The molecule has 0 aliphatic rings. The number of alkyl halides is 3. The highest BCUT2D eigenvalue weighted by molar-refractivity contribution is 5.49. The lowest BCUT2D eigenvalue weighted by molar-refractivity contribution is -0.138. The molecule has 0 saturated heterocycles. The van der Waals surface area contributed by atoms with Gasteiger partial charge in [-0.2, -0.15) is 18.3 Å². The highest BCUT2D eigenvalue weighted by Gasteiger charge is 2.32. The Labute approximate surface area is 115 Å². The zero-order valence-corrected chi connectivity index (χ0v) is 11.3. The Balaban J connectivity index is 2.02. The topological polar surface area (TPSA) is 29.9 Å². The van der Waals surface area contributed by atoms with Crippen LogP contribution in [-0.4, -0.2) is 16.3 Å². The first-order valence-corrected chi connectivity index (χ1v) is 6.26. The van der Waals surface area contributed by atoms with Gasteiger partial charge in [0.05, 0.1) is 5.56 Å². The van der Waals surface area contributed by atoms with E-state index in [1.807, 2.05) is 13.1 Å². The van der Waals surface area contributed by atoms with Gasteiger partial charge in [0, 0.05) is 37.6 Å². The van der Waals surface area contributed by atoms with E-state index in [2.05, 4.69) is 10.4 Å². The van der Waals surface area contributed by atoms with E-state index in [0.717, 1.165) is 11.8 Å². The molecule has 1 N–H and O–H groups in total. The zero-order valence-electron chi connectivity index (χ0n) is 11.3. The summed E-state index contributed by atoms with van der Waals surface area (Å²) in [5.74, 6) is 0. The Morgan fingerprint density at radius 3 is 2.60 bits per heavy atom. The van der Waals surface area contributed by atoms with E-state index in [1.54, 1.807) is 16.9 Å². The zero-order chi connectivity index (χ0) is 14.8. The van der Waals surface area contributed by atoms with Crippen LogP contribution in [0.3, 0.4) is 0 Å². The summed E-state index contributed by atoms with van der Waals surface area (Å²) in [5.41, 5.74) is 1.14. The molecule has 0 bridgehead atoms. The van der Waals surface area contributed by atoms with Gasteiger partial charge in [-0.3, -0.25) is 4.68 Å². The molecular formula is C14H16F3N3. The van der Waals surface area contributed by atoms with Crippen LogP contribution < -0.4 is 5.32 Å². The fraction of sp³-hybridized carbons (Fsp3) is 0.357. The van der Waals surface area contributed by atoms with Crippen LogP contribution in [0.15, 0.2) is 30.5 Å². The first-order chi connectivity index (χ1) is 9.38. The van der Waals surface area contributed by atoms with Crippen molar-refractivity contribution >= 4 is 5.69 Å². The quantitative estimate of drug-likeness (QED) is 0.932. The maximum absolute atomic E-state index is 12.8. The average Bonchev–Trinajstić information content (AvgIpc) is 2.76. The fourth-order valence-corrected chi connectivity index (χ4v) is 2.02. The Morgan fingerprint density at radius 2 is 2.00 bits per heavy atom. The average molecular weight is 283 g/mol. The van der Waals surface area contributed by atoms with Crippen LogP contribution in [0.1, 0.15) is 16.8 Å². The molecule has 20 heavy (non-hydrogen) atoms. The fourth-order valence-electron chi connectivity index (χ4n) is 2.02. The molecule has 0 aliphatic heterocycles. The third-order valence-corrected chi connectivity index (χ3v) is 3.18. The Bertz CT molecular complexity index is 588. The molecular weight excluding hydrogens is 267 g/mol. The van der Waals surface area contributed by atoms with Gasteiger partial charge in [0.1, 0.15) is 0 Å². The largest absolute Gasteiger partial charge is 0.416 e. The molecule has 0 amide bonds. The second-order valence-electron chi connectivity index (χ2n) is 4.65. The number of nitrogens with zero attached hydrogens (tertiary/aromatic N) is 2. The van der Waals surface area contributed by atoms with Crippen molar-refractivity contribution in [3.05, 3.63) is 47.3 Å². The Hall–Kier alpha value is -1.98. The van der Waals surface area contributed by atoms with Crippen molar-refractivity contribution < 1.29 is 13.2 Å². The van der Waals surface area contributed by atoms with E-state index in [1.165, 1.54) is 13.0 Å². The SMILES string of the molecule is Cc1ccc(NCCc2ccnn2C)cc1C(F)(F)F. The van der Waals surface area contributed by atoms with Gasteiger partial charge >= 0.3 is 6.18 Å². The standard InChI is InChI=1S/C14H16F3N3/c1-10-3-4-11(9-13(10)14(15,16)17)18-7-5-12-6-8-19-20(12)2/h3-4,6,8-9,18H,5,7H2,1-2H3. The van der Waals surface area contributed by atoms with E-state index >= 15 is 0 Å². The molecule has 0 radical (unpaired) electrons. The molecule has 108 valence electrons. The molecule has 1 aromatic heterocycles. The van der Waals surface area contributed by atoms with E-state index in [-0.39, 0.29) is 5.56 Å². The lowest BCUT2D eigenvalue weighted by atomic mass is 10.1. The lowest BCUT2D eigenvalue weighted by Crippen LogP contribution is -2.11. The summed E-state index contributed by atoms with van der Waals surface area (Å²) in [5, 5.41) is 7.05. The molecule has 0 aliphatic carbocycles. The number of aromatic nitrogens is 2. The van der Waals surface area contributed by atoms with Crippen molar-refractivity contribution in [2.75, 3.05) is 11.9 Å². The molecule has 0 saturated carbocycles. The number of hydrogen-bond acceptors (Lipinski definition) is 2. The summed E-state index contributed by atoms with van der Waals surface area (Å²) in [6.07, 6.45) is -1.92. The first-order valence-electron chi connectivity index (χ1n) is 6.26. The molecule has 1 heterocycles. The van der Waals surface area contributed by atoms with Crippen LogP contribution in [0.4, 0.5) is 18.9 Å². The van der Waals surface area contributed by atoms with Crippen molar-refractivity contribution in [1.29, 1.82) is 0 Å². The maximum Gasteiger partial charge on any atom is 0.416 e. The lowest BCUT2D eigenvalue weighted by Gasteiger charge is -2.13. The van der Waals surface area contributed by atoms with Crippen LogP contribution in [0.5, 0.6) is 0 Å². The summed E-state index contributed by atoms with van der Waals surface area (Å²) in [4.78, 5) is 0. The van der Waals surface area contributed by atoms with E-state index < -0.39 is 11.7 Å². The van der Waals surface area contributed by atoms with Crippen LogP contribution in [0.2, 0.25) is 0 Å². The Kier molecular flexibility index (Phi) is 4.01. The van der Waals surface area contributed by atoms with Crippen molar-refractivity contribution in [3.8, 4) is 0 Å². The highest BCUT2D eigenvalue weighted by atomic mass is 19.4. The molecule has 3 nitrogen and oxygen atoms in total. The van der Waals surface area contributed by atoms with Crippen molar-refractivity contribution in [2.24, 2.45) is 7.05 Å². The van der Waals surface area contributed by atoms with Crippen molar-refractivity contribution in [3.63, 3.8) is 0 Å². The van der Waals surface area contributed by atoms with Crippen LogP contribution in [-0.2, 0) is 19.6 Å². The minimum absolute atomic E-state index is 0.231. The van der Waals surface area contributed by atoms with E-state index in [4.69, 9.17) is 0 Å².